The Morgan fingerprint density at radius 3 is 2.69 bits per heavy atom. The van der Waals surface area contributed by atoms with Crippen LogP contribution >= 0.6 is 0 Å². The number of allylic oxidation sites excluding steroid dienone is 1. The lowest BCUT2D eigenvalue weighted by Gasteiger charge is -1.98. The summed E-state index contributed by atoms with van der Waals surface area (Å²) in [7, 11) is 0. The average molecular weight is 182 g/mol. The van der Waals surface area contributed by atoms with Crippen LogP contribution in [0.15, 0.2) is 24.3 Å². The first-order chi connectivity index (χ1) is 6.27. The molecule has 0 unspecified atom stereocenters. The van der Waals surface area contributed by atoms with Gasteiger partial charge in [0.25, 0.3) is 0 Å². The van der Waals surface area contributed by atoms with Crippen molar-refractivity contribution in [2.24, 2.45) is 0 Å². The summed E-state index contributed by atoms with van der Waals surface area (Å²) in [5.74, 6) is -0.472. The van der Waals surface area contributed by atoms with Crippen LogP contribution in [0.4, 0.5) is 8.78 Å². The molecule has 0 bridgehead atoms. The first kappa shape index (κ1) is 9.90. The van der Waals surface area contributed by atoms with Crippen molar-refractivity contribution in [3.8, 4) is 0 Å². The maximum Gasteiger partial charge on any atom is 0.129 e. The van der Waals surface area contributed by atoms with Gasteiger partial charge in [0.05, 0.1) is 0 Å². The molecule has 0 N–H and O–H groups in total. The summed E-state index contributed by atoms with van der Waals surface area (Å²) in [5, 5.41) is 0. The van der Waals surface area contributed by atoms with E-state index in [-0.39, 0.29) is 5.56 Å². The summed E-state index contributed by atoms with van der Waals surface area (Å²) in [6.07, 6.45) is 4.67. The van der Waals surface area contributed by atoms with Crippen molar-refractivity contribution in [1.29, 1.82) is 0 Å². The van der Waals surface area contributed by atoms with E-state index in [4.69, 9.17) is 0 Å². The van der Waals surface area contributed by atoms with E-state index < -0.39 is 12.5 Å². The summed E-state index contributed by atoms with van der Waals surface area (Å²) >= 11 is 0. The number of hydrogen-bond acceptors (Lipinski definition) is 0. The molecule has 70 valence electrons. The number of rotatable bonds is 3. The van der Waals surface area contributed by atoms with Crippen LogP contribution in [0.5, 0.6) is 0 Å². The van der Waals surface area contributed by atoms with Gasteiger partial charge in [-0.05, 0) is 18.1 Å². The second-order valence-corrected chi connectivity index (χ2v) is 2.80. The highest BCUT2D eigenvalue weighted by Crippen LogP contribution is 2.12. The maximum atomic E-state index is 13.0. The highest BCUT2D eigenvalue weighted by atomic mass is 19.1. The predicted octanol–water partition coefficient (Wildman–Crippen LogP) is 3.72. The Balaban J connectivity index is 2.89. The van der Waals surface area contributed by atoms with Crippen molar-refractivity contribution < 1.29 is 8.78 Å². The molecule has 0 atom stereocenters. The second-order valence-electron chi connectivity index (χ2n) is 2.80. The molecule has 0 radical (unpaired) electrons. The van der Waals surface area contributed by atoms with Gasteiger partial charge in [-0.1, -0.05) is 31.2 Å². The Morgan fingerprint density at radius 2 is 2.15 bits per heavy atom. The maximum absolute atomic E-state index is 13.0. The molecule has 13 heavy (non-hydrogen) atoms. The van der Waals surface area contributed by atoms with Gasteiger partial charge in [-0.25, -0.2) is 8.78 Å². The van der Waals surface area contributed by atoms with Crippen LogP contribution in [-0.4, -0.2) is 0 Å². The molecule has 0 aromatic heterocycles. The molecule has 0 aliphatic carbocycles. The highest BCUT2D eigenvalue weighted by Gasteiger charge is 2.00. The van der Waals surface area contributed by atoms with Gasteiger partial charge in [0.1, 0.15) is 12.5 Å². The van der Waals surface area contributed by atoms with Crippen molar-refractivity contribution in [3.63, 3.8) is 0 Å². The zero-order chi connectivity index (χ0) is 9.68. The third kappa shape index (κ3) is 2.65. The van der Waals surface area contributed by atoms with Crippen molar-refractivity contribution in [2.75, 3.05) is 0 Å². The van der Waals surface area contributed by atoms with E-state index in [1.807, 2.05) is 19.1 Å². The summed E-state index contributed by atoms with van der Waals surface area (Å²) in [6.45, 7) is 1.26. The van der Waals surface area contributed by atoms with Gasteiger partial charge < -0.3 is 0 Å². The summed E-state index contributed by atoms with van der Waals surface area (Å²) in [6, 6.07) is 4.54. The Labute approximate surface area is 76.9 Å². The molecule has 2 heteroatoms. The molecule has 1 aromatic carbocycles. The average Bonchev–Trinajstić information content (AvgIpc) is 2.15. The molecule has 0 amide bonds. The lowest BCUT2D eigenvalue weighted by atomic mass is 10.1. The molecule has 0 nitrogen and oxygen atoms in total. The Morgan fingerprint density at radius 1 is 1.38 bits per heavy atom. The van der Waals surface area contributed by atoms with Crippen molar-refractivity contribution >= 4 is 6.08 Å². The van der Waals surface area contributed by atoms with Gasteiger partial charge >= 0.3 is 0 Å². The zero-order valence-electron chi connectivity index (χ0n) is 7.56. The number of halogens is 2. The van der Waals surface area contributed by atoms with E-state index in [0.717, 1.165) is 12.0 Å². The van der Waals surface area contributed by atoms with Gasteiger partial charge in [-0.3, -0.25) is 0 Å². The highest BCUT2D eigenvalue weighted by molar-refractivity contribution is 5.49. The molecule has 1 aromatic rings. The predicted molar refractivity (Wildman–Crippen MR) is 50.5 cm³/mol. The third-order valence-electron chi connectivity index (χ3n) is 1.77. The van der Waals surface area contributed by atoms with Crippen LogP contribution < -0.4 is 0 Å². The van der Waals surface area contributed by atoms with Crippen LogP contribution in [0, 0.1) is 5.82 Å². The third-order valence-corrected chi connectivity index (χ3v) is 1.77. The van der Waals surface area contributed by atoms with Crippen LogP contribution in [0.1, 0.15) is 24.5 Å². The van der Waals surface area contributed by atoms with Gasteiger partial charge in [-0.15, -0.1) is 0 Å². The van der Waals surface area contributed by atoms with Crippen LogP contribution in [0.2, 0.25) is 0 Å². The minimum atomic E-state index is -0.746. The largest absolute Gasteiger partial charge is 0.246 e. The molecule has 0 saturated carbocycles. The minimum Gasteiger partial charge on any atom is -0.246 e. The normalized spacial score (nSPS) is 11.0. The van der Waals surface area contributed by atoms with Gasteiger partial charge in [0.2, 0.25) is 0 Å². The summed E-state index contributed by atoms with van der Waals surface area (Å²) in [5.41, 5.74) is 0.894. The van der Waals surface area contributed by atoms with Crippen molar-refractivity contribution in [1.82, 2.24) is 0 Å². The quantitative estimate of drug-likeness (QED) is 0.668. The van der Waals surface area contributed by atoms with E-state index in [1.54, 1.807) is 6.07 Å². The minimum absolute atomic E-state index is 0.119. The standard InChI is InChI=1S/C11H12F2/c1-2-3-4-9-5-6-10(8-12)11(13)7-9/h3-7H,2,8H2,1H3/b4-3+. The van der Waals surface area contributed by atoms with Crippen LogP contribution in [0.25, 0.3) is 6.08 Å². The van der Waals surface area contributed by atoms with E-state index in [0.29, 0.717) is 0 Å². The van der Waals surface area contributed by atoms with Crippen molar-refractivity contribution in [2.45, 2.75) is 20.0 Å². The number of benzene rings is 1. The molecular weight excluding hydrogens is 170 g/mol. The van der Waals surface area contributed by atoms with E-state index in [1.165, 1.54) is 12.1 Å². The molecule has 0 aliphatic rings. The van der Waals surface area contributed by atoms with Gasteiger partial charge in [-0.2, -0.15) is 0 Å². The number of alkyl halides is 1. The molecule has 0 fully saturated rings. The van der Waals surface area contributed by atoms with E-state index in [9.17, 15) is 8.78 Å². The Hall–Kier alpha value is -1.18. The fourth-order valence-corrected chi connectivity index (χ4v) is 1.03. The molecule has 1 rings (SSSR count). The van der Waals surface area contributed by atoms with Crippen molar-refractivity contribution in [3.05, 3.63) is 41.2 Å². The van der Waals surface area contributed by atoms with E-state index in [2.05, 4.69) is 0 Å². The zero-order valence-corrected chi connectivity index (χ0v) is 7.56. The summed E-state index contributed by atoms with van der Waals surface area (Å²) < 4.78 is 25.1. The molecule has 0 spiro atoms. The van der Waals surface area contributed by atoms with Gasteiger partial charge in [0.15, 0.2) is 0 Å². The first-order valence-electron chi connectivity index (χ1n) is 4.29. The van der Waals surface area contributed by atoms with Crippen LogP contribution in [0.3, 0.4) is 0 Å². The SMILES string of the molecule is CC/C=C/c1ccc(CF)c(F)c1. The summed E-state index contributed by atoms with van der Waals surface area (Å²) in [4.78, 5) is 0. The van der Waals surface area contributed by atoms with E-state index >= 15 is 0 Å². The second kappa shape index (κ2) is 4.75. The molecule has 0 heterocycles. The molecular formula is C11H12F2. The smallest absolute Gasteiger partial charge is 0.129 e. The fourth-order valence-electron chi connectivity index (χ4n) is 1.03. The lowest BCUT2D eigenvalue weighted by Crippen LogP contribution is -1.86. The monoisotopic (exact) mass is 182 g/mol. The Bertz CT molecular complexity index is 303. The Kier molecular flexibility index (Phi) is 3.62. The topological polar surface area (TPSA) is 0 Å². The number of hydrogen-bond donors (Lipinski definition) is 0. The molecule has 0 saturated heterocycles. The van der Waals surface area contributed by atoms with Crippen LogP contribution in [-0.2, 0) is 6.67 Å². The fraction of sp³-hybridized carbons (Fsp3) is 0.273. The molecule has 0 aliphatic heterocycles. The lowest BCUT2D eigenvalue weighted by molar-refractivity contribution is 0.464. The van der Waals surface area contributed by atoms with Gasteiger partial charge in [0, 0.05) is 5.56 Å². The first-order valence-corrected chi connectivity index (χ1v) is 4.29.